The molecule has 0 bridgehead atoms. The van der Waals surface area contributed by atoms with E-state index in [0.717, 1.165) is 24.0 Å². The van der Waals surface area contributed by atoms with E-state index < -0.39 is 11.9 Å². The van der Waals surface area contributed by atoms with E-state index in [2.05, 4.69) is 30.0 Å². The van der Waals surface area contributed by atoms with Gasteiger partial charge in [-0.25, -0.2) is 15.0 Å². The van der Waals surface area contributed by atoms with Crippen LogP contribution in [-0.4, -0.2) is 61.0 Å². The summed E-state index contributed by atoms with van der Waals surface area (Å²) in [6.07, 6.45) is 3.16. The van der Waals surface area contributed by atoms with Crippen LogP contribution in [0.1, 0.15) is 36.0 Å². The lowest BCUT2D eigenvalue weighted by Gasteiger charge is -2.27. The van der Waals surface area contributed by atoms with E-state index >= 15 is 0 Å². The largest absolute Gasteiger partial charge is 0.433 e. The molecule has 9 nitrogen and oxygen atoms in total. The number of fused-ring (bicyclic) bond motifs is 1. The molecule has 0 radical (unpaired) electrons. The van der Waals surface area contributed by atoms with Crippen LogP contribution in [0.4, 0.5) is 19.1 Å². The van der Waals surface area contributed by atoms with Crippen molar-refractivity contribution in [1.82, 2.24) is 34.7 Å². The van der Waals surface area contributed by atoms with Gasteiger partial charge >= 0.3 is 6.18 Å². The fourth-order valence-electron chi connectivity index (χ4n) is 3.74. The summed E-state index contributed by atoms with van der Waals surface area (Å²) in [4.78, 5) is 23.7. The maximum absolute atomic E-state index is 12.9. The zero-order valence-electron chi connectivity index (χ0n) is 19.9. The Hall–Kier alpha value is -3.67. The molecule has 1 aliphatic carbocycles. The van der Waals surface area contributed by atoms with Gasteiger partial charge in [0.1, 0.15) is 16.9 Å². The van der Waals surface area contributed by atoms with Crippen molar-refractivity contribution in [3.63, 3.8) is 0 Å². The molecule has 12 heteroatoms. The second-order valence-electron chi connectivity index (χ2n) is 8.69. The smallest absolute Gasteiger partial charge is 0.378 e. The zero-order valence-corrected chi connectivity index (χ0v) is 19.9. The van der Waals surface area contributed by atoms with Crippen molar-refractivity contribution >= 4 is 17.1 Å². The average molecular weight is 499 g/mol. The van der Waals surface area contributed by atoms with Crippen LogP contribution in [0.2, 0.25) is 0 Å². The number of anilines is 1. The summed E-state index contributed by atoms with van der Waals surface area (Å²) >= 11 is 0. The Morgan fingerprint density at radius 2 is 1.72 bits per heavy atom. The normalized spacial score (nSPS) is 16.1. The molecule has 4 aromatic rings. The van der Waals surface area contributed by atoms with E-state index in [0.29, 0.717) is 60.4 Å². The highest BCUT2D eigenvalue weighted by Crippen LogP contribution is 2.33. The summed E-state index contributed by atoms with van der Waals surface area (Å²) in [5.41, 5.74) is 2.14. The first-order chi connectivity index (χ1) is 17.3. The maximum Gasteiger partial charge on any atom is 0.433 e. The Morgan fingerprint density at radius 3 is 2.33 bits per heavy atom. The Bertz CT molecular complexity index is 1330. The van der Waals surface area contributed by atoms with Gasteiger partial charge in [0.05, 0.1) is 30.6 Å². The molecule has 0 atom stereocenters. The lowest BCUT2D eigenvalue weighted by molar-refractivity contribution is -0.141. The van der Waals surface area contributed by atoms with Gasteiger partial charge < -0.3 is 9.64 Å². The lowest BCUT2D eigenvalue weighted by atomic mass is 10.1. The lowest BCUT2D eigenvalue weighted by Crippen LogP contribution is -2.37. The van der Waals surface area contributed by atoms with Crippen molar-refractivity contribution in [3.05, 3.63) is 53.9 Å². The highest BCUT2D eigenvalue weighted by Gasteiger charge is 2.32. The molecule has 0 aromatic carbocycles. The standard InChI is InChI=1S/C18H17F3N6O.C6H8N2/c1-10-11(2)24-16-15(23-10)14(12-3-4-13(22-9-12)18(19,20)21)25-17(26-16)27-5-7-28-8-6-27;1-4-7-8(5-1)6-2-3-6/h3-4,9H,5-8H2,1-2H3;1,4-6H,2-3H2. The fraction of sp³-hybridized carbons (Fsp3) is 0.417. The minimum absolute atomic E-state index is 0.398. The summed E-state index contributed by atoms with van der Waals surface area (Å²) in [7, 11) is 0. The summed E-state index contributed by atoms with van der Waals surface area (Å²) in [5.74, 6) is 0.447. The van der Waals surface area contributed by atoms with Crippen molar-refractivity contribution in [2.75, 3.05) is 31.2 Å². The molecule has 0 unspecified atom stereocenters. The number of halogens is 3. The second-order valence-corrected chi connectivity index (χ2v) is 8.69. The molecular formula is C24H25F3N8O. The van der Waals surface area contributed by atoms with E-state index in [9.17, 15) is 13.2 Å². The van der Waals surface area contributed by atoms with Gasteiger partial charge in [0, 0.05) is 37.2 Å². The van der Waals surface area contributed by atoms with Crippen molar-refractivity contribution in [1.29, 1.82) is 0 Å². The number of ether oxygens (including phenoxy) is 1. The Balaban J connectivity index is 0.000000280. The number of rotatable bonds is 3. The quantitative estimate of drug-likeness (QED) is 0.415. The van der Waals surface area contributed by atoms with Crippen LogP contribution in [0, 0.1) is 13.8 Å². The Morgan fingerprint density at radius 1 is 0.972 bits per heavy atom. The zero-order chi connectivity index (χ0) is 25.3. The summed E-state index contributed by atoms with van der Waals surface area (Å²) in [6, 6.07) is 4.99. The molecular weight excluding hydrogens is 473 g/mol. The monoisotopic (exact) mass is 498 g/mol. The molecule has 1 aliphatic heterocycles. The summed E-state index contributed by atoms with van der Waals surface area (Å²) in [5, 5.41) is 4.09. The first kappa shape index (κ1) is 24.0. The minimum atomic E-state index is -4.50. The van der Waals surface area contributed by atoms with Crippen LogP contribution >= 0.6 is 0 Å². The van der Waals surface area contributed by atoms with Gasteiger partial charge in [-0.1, -0.05) is 0 Å². The molecule has 36 heavy (non-hydrogen) atoms. The van der Waals surface area contributed by atoms with Gasteiger partial charge in [-0.3, -0.25) is 9.67 Å². The predicted molar refractivity (Wildman–Crippen MR) is 126 cm³/mol. The van der Waals surface area contributed by atoms with Gasteiger partial charge in [0.25, 0.3) is 0 Å². The van der Waals surface area contributed by atoms with Gasteiger partial charge in [0.2, 0.25) is 5.95 Å². The maximum atomic E-state index is 12.9. The number of morpholine rings is 1. The van der Waals surface area contributed by atoms with Crippen molar-refractivity contribution < 1.29 is 17.9 Å². The number of nitrogens with zero attached hydrogens (tertiary/aromatic N) is 8. The van der Waals surface area contributed by atoms with E-state index in [1.807, 2.05) is 41.9 Å². The third kappa shape index (κ3) is 5.27. The highest BCUT2D eigenvalue weighted by molar-refractivity contribution is 5.87. The summed E-state index contributed by atoms with van der Waals surface area (Å²) in [6.45, 7) is 5.99. The van der Waals surface area contributed by atoms with Crippen LogP contribution in [0.25, 0.3) is 22.4 Å². The number of pyridine rings is 1. The number of hydrogen-bond donors (Lipinski definition) is 0. The molecule has 0 N–H and O–H groups in total. The third-order valence-electron chi connectivity index (χ3n) is 6.00. The van der Waals surface area contributed by atoms with Crippen molar-refractivity contribution in [2.45, 2.75) is 38.9 Å². The third-order valence-corrected chi connectivity index (χ3v) is 6.00. The molecule has 0 amide bonds. The molecule has 6 rings (SSSR count). The van der Waals surface area contributed by atoms with Crippen molar-refractivity contribution in [2.24, 2.45) is 0 Å². The van der Waals surface area contributed by atoms with Gasteiger partial charge in [-0.05, 0) is 44.9 Å². The van der Waals surface area contributed by atoms with E-state index in [1.165, 1.54) is 18.9 Å². The van der Waals surface area contributed by atoms with Crippen LogP contribution in [-0.2, 0) is 10.9 Å². The van der Waals surface area contributed by atoms with Crippen LogP contribution in [0.3, 0.4) is 0 Å². The Kier molecular flexibility index (Phi) is 6.52. The molecule has 0 spiro atoms. The van der Waals surface area contributed by atoms with Crippen LogP contribution < -0.4 is 4.90 Å². The van der Waals surface area contributed by atoms with Crippen LogP contribution in [0.15, 0.2) is 36.8 Å². The summed E-state index contributed by atoms with van der Waals surface area (Å²) < 4.78 is 45.9. The molecule has 5 heterocycles. The van der Waals surface area contributed by atoms with E-state index in [1.54, 1.807) is 0 Å². The minimum Gasteiger partial charge on any atom is -0.378 e. The SMILES string of the molecule is Cc1nc2nc(N3CCOCC3)nc(-c3ccc(C(F)(F)F)nc3)c2nc1C.c1cnn(C2CC2)c1. The highest BCUT2D eigenvalue weighted by atomic mass is 19.4. The number of aryl methyl sites for hydroxylation is 2. The molecule has 2 fully saturated rings. The first-order valence-electron chi connectivity index (χ1n) is 11.7. The van der Waals surface area contributed by atoms with E-state index in [4.69, 9.17) is 4.74 Å². The van der Waals surface area contributed by atoms with E-state index in [-0.39, 0.29) is 0 Å². The molecule has 2 aliphatic rings. The molecule has 1 saturated heterocycles. The number of alkyl halides is 3. The average Bonchev–Trinajstić information content (AvgIpc) is 3.58. The molecule has 188 valence electrons. The van der Waals surface area contributed by atoms with Gasteiger partial charge in [-0.2, -0.15) is 23.3 Å². The predicted octanol–water partition coefficient (Wildman–Crippen LogP) is 4.17. The topological polar surface area (TPSA) is 94.7 Å². The molecule has 4 aromatic heterocycles. The number of aromatic nitrogens is 7. The fourth-order valence-corrected chi connectivity index (χ4v) is 3.74. The first-order valence-corrected chi connectivity index (χ1v) is 11.7. The van der Waals surface area contributed by atoms with Gasteiger partial charge in [-0.15, -0.1) is 0 Å². The van der Waals surface area contributed by atoms with Crippen molar-refractivity contribution in [3.8, 4) is 11.3 Å². The van der Waals surface area contributed by atoms with Gasteiger partial charge in [0.15, 0.2) is 5.65 Å². The number of hydrogen-bond acceptors (Lipinski definition) is 8. The molecule has 1 saturated carbocycles. The second kappa shape index (κ2) is 9.76. The Labute approximate surface area is 205 Å². The van der Waals surface area contributed by atoms with Crippen LogP contribution in [0.5, 0.6) is 0 Å².